The van der Waals surface area contributed by atoms with Crippen LogP contribution in [0.2, 0.25) is 0 Å². The van der Waals surface area contributed by atoms with E-state index < -0.39 is 0 Å². The molecule has 3 aromatic heterocycles. The van der Waals surface area contributed by atoms with Crippen molar-refractivity contribution in [2.45, 2.75) is 37.1 Å². The maximum absolute atomic E-state index is 13.3. The highest BCUT2D eigenvalue weighted by Crippen LogP contribution is 2.42. The molecular weight excluding hydrogens is 468 g/mol. The molecule has 6 rings (SSSR count). The molecule has 4 heterocycles. The van der Waals surface area contributed by atoms with Crippen LogP contribution in [-0.2, 0) is 22.4 Å². The smallest absolute Gasteiger partial charge is 0.226 e. The fourth-order valence-electron chi connectivity index (χ4n) is 5.07. The van der Waals surface area contributed by atoms with Crippen molar-refractivity contribution in [1.82, 2.24) is 25.1 Å². The van der Waals surface area contributed by atoms with Crippen LogP contribution in [0.15, 0.2) is 29.6 Å². The highest BCUT2D eigenvalue weighted by Gasteiger charge is 2.34. The lowest BCUT2D eigenvalue weighted by Gasteiger charge is -2.36. The second-order valence-corrected chi connectivity index (χ2v) is 10.9. The summed E-state index contributed by atoms with van der Waals surface area (Å²) < 4.78 is 5.52. The van der Waals surface area contributed by atoms with Gasteiger partial charge in [0.15, 0.2) is 0 Å². The highest BCUT2D eigenvalue weighted by atomic mass is 32.2. The van der Waals surface area contributed by atoms with Crippen molar-refractivity contribution in [2.24, 2.45) is 5.92 Å². The third-order valence-electron chi connectivity index (χ3n) is 6.86. The molecule has 10 heteroatoms. The summed E-state index contributed by atoms with van der Waals surface area (Å²) in [6.45, 7) is 4.01. The summed E-state index contributed by atoms with van der Waals surface area (Å²) in [6.07, 6.45) is 8.02. The van der Waals surface area contributed by atoms with Crippen LogP contribution in [0.3, 0.4) is 0 Å². The number of amides is 1. The zero-order valence-corrected chi connectivity index (χ0v) is 20.8. The summed E-state index contributed by atoms with van der Waals surface area (Å²) in [4.78, 5) is 27.9. The van der Waals surface area contributed by atoms with Gasteiger partial charge in [-0.1, -0.05) is 0 Å². The van der Waals surface area contributed by atoms with Crippen LogP contribution in [0.1, 0.15) is 23.8 Å². The minimum Gasteiger partial charge on any atom is -0.377 e. The molecule has 0 radical (unpaired) electrons. The number of aromatic amines is 1. The molecule has 8 nitrogen and oxygen atoms in total. The summed E-state index contributed by atoms with van der Waals surface area (Å²) in [5.74, 6) is 1.12. The fraction of sp³-hybridized carbons (Fsp3) is 0.417. The highest BCUT2D eigenvalue weighted by molar-refractivity contribution is 7.98. The molecule has 0 spiro atoms. The van der Waals surface area contributed by atoms with E-state index in [1.54, 1.807) is 29.4 Å². The van der Waals surface area contributed by atoms with E-state index in [1.165, 1.54) is 10.4 Å². The molecule has 1 aliphatic carbocycles. The number of thiophene rings is 1. The monoisotopic (exact) mass is 494 g/mol. The van der Waals surface area contributed by atoms with Crippen LogP contribution in [0.5, 0.6) is 0 Å². The molecule has 34 heavy (non-hydrogen) atoms. The van der Waals surface area contributed by atoms with Crippen molar-refractivity contribution >= 4 is 61.6 Å². The third kappa shape index (κ3) is 3.73. The van der Waals surface area contributed by atoms with Gasteiger partial charge in [-0.15, -0.1) is 23.1 Å². The number of anilines is 2. The van der Waals surface area contributed by atoms with Crippen LogP contribution < -0.4 is 5.32 Å². The Morgan fingerprint density at radius 3 is 3.12 bits per heavy atom. The quantitative estimate of drug-likeness (QED) is 0.406. The fourth-order valence-corrected chi connectivity index (χ4v) is 6.90. The average molecular weight is 495 g/mol. The molecule has 0 unspecified atom stereocenters. The van der Waals surface area contributed by atoms with Gasteiger partial charge in [-0.25, -0.2) is 9.97 Å². The molecule has 1 amide bonds. The van der Waals surface area contributed by atoms with Crippen LogP contribution >= 0.6 is 23.1 Å². The van der Waals surface area contributed by atoms with Crippen LogP contribution in [0, 0.1) is 5.92 Å². The van der Waals surface area contributed by atoms with E-state index in [2.05, 4.69) is 50.8 Å². The van der Waals surface area contributed by atoms with Crippen molar-refractivity contribution in [2.75, 3.05) is 31.3 Å². The first-order chi connectivity index (χ1) is 16.6. The van der Waals surface area contributed by atoms with Gasteiger partial charge in [-0.3, -0.25) is 9.89 Å². The molecule has 4 aromatic rings. The van der Waals surface area contributed by atoms with Gasteiger partial charge < -0.3 is 15.0 Å². The minimum absolute atomic E-state index is 0.0251. The number of thioether (sulfide) groups is 1. The zero-order chi connectivity index (χ0) is 23.2. The number of ether oxygens (including phenoxy) is 1. The van der Waals surface area contributed by atoms with Crippen LogP contribution in [0.25, 0.3) is 21.1 Å². The zero-order valence-electron chi connectivity index (χ0n) is 19.1. The number of carbonyl (C=O) groups excluding carboxylic acids is 1. The van der Waals surface area contributed by atoms with Crippen molar-refractivity contribution < 1.29 is 9.53 Å². The molecular formula is C24H26N6O2S2. The predicted octanol–water partition coefficient (Wildman–Crippen LogP) is 4.39. The lowest BCUT2D eigenvalue weighted by molar-refractivity contribution is -0.143. The van der Waals surface area contributed by atoms with Crippen LogP contribution in [-0.4, -0.2) is 63.0 Å². The Bertz CT molecular complexity index is 1380. The summed E-state index contributed by atoms with van der Waals surface area (Å²) in [5.41, 5.74) is 3.31. The molecule has 2 N–H and O–H groups in total. The van der Waals surface area contributed by atoms with Crippen molar-refractivity contribution in [1.29, 1.82) is 0 Å². The number of rotatable bonds is 4. The standard InChI is InChI=1S/C24H26N6O2S2/c1-13-11-32-6-5-30(13)24(31)14-3-4-16-19(8-14)34-23-21(16)22(25-12-26-23)28-18-7-15-10-27-29-17(15)9-20(18)33-2/h7,9-10,12-14H,3-6,8,11H2,1-2H3,(H,27,29)(H,25,26,28)/t13-,14-/m0/s1. The number of nitrogens with one attached hydrogen (secondary N) is 2. The Morgan fingerprint density at radius 1 is 1.35 bits per heavy atom. The summed E-state index contributed by atoms with van der Waals surface area (Å²) in [5, 5.41) is 12.9. The second-order valence-electron chi connectivity index (χ2n) is 8.94. The van der Waals surface area contributed by atoms with E-state index in [4.69, 9.17) is 4.74 Å². The first-order valence-corrected chi connectivity index (χ1v) is 13.6. The van der Waals surface area contributed by atoms with E-state index in [0.717, 1.165) is 56.8 Å². The van der Waals surface area contributed by atoms with Gasteiger partial charge in [0.25, 0.3) is 0 Å². The Morgan fingerprint density at radius 2 is 2.26 bits per heavy atom. The number of hydrogen-bond donors (Lipinski definition) is 2. The number of benzene rings is 1. The van der Waals surface area contributed by atoms with Gasteiger partial charge >= 0.3 is 0 Å². The van der Waals surface area contributed by atoms with Gasteiger partial charge in [0.1, 0.15) is 17.0 Å². The van der Waals surface area contributed by atoms with Gasteiger partial charge in [0, 0.05) is 27.6 Å². The molecule has 176 valence electrons. The molecule has 0 bridgehead atoms. The predicted molar refractivity (Wildman–Crippen MR) is 136 cm³/mol. The molecule has 2 atom stereocenters. The Labute approximate surface area is 205 Å². The number of hydrogen-bond acceptors (Lipinski definition) is 8. The Hall–Kier alpha value is -2.69. The van der Waals surface area contributed by atoms with E-state index in [0.29, 0.717) is 19.8 Å². The lowest BCUT2D eigenvalue weighted by Crippen LogP contribution is -2.50. The lowest BCUT2D eigenvalue weighted by atomic mass is 9.86. The summed E-state index contributed by atoms with van der Waals surface area (Å²) in [6, 6.07) is 4.36. The first kappa shape index (κ1) is 21.8. The molecule has 2 aliphatic rings. The Kier molecular flexibility index (Phi) is 5.66. The first-order valence-electron chi connectivity index (χ1n) is 11.5. The van der Waals surface area contributed by atoms with E-state index in [-0.39, 0.29) is 17.9 Å². The Balaban J connectivity index is 1.32. The average Bonchev–Trinajstić information content (AvgIpc) is 3.47. The summed E-state index contributed by atoms with van der Waals surface area (Å²) >= 11 is 3.38. The van der Waals surface area contributed by atoms with Crippen molar-refractivity contribution in [3.05, 3.63) is 35.1 Å². The van der Waals surface area contributed by atoms with Crippen LogP contribution in [0.4, 0.5) is 11.5 Å². The molecule has 1 aromatic carbocycles. The van der Waals surface area contributed by atoms with E-state index in [1.807, 2.05) is 11.1 Å². The van der Waals surface area contributed by atoms with Gasteiger partial charge in [0.05, 0.1) is 42.0 Å². The number of carbonyl (C=O) groups is 1. The van der Waals surface area contributed by atoms with E-state index in [9.17, 15) is 4.79 Å². The number of aromatic nitrogens is 4. The van der Waals surface area contributed by atoms with Gasteiger partial charge in [-0.2, -0.15) is 5.10 Å². The van der Waals surface area contributed by atoms with Gasteiger partial charge in [0.2, 0.25) is 5.91 Å². The second kappa shape index (κ2) is 8.83. The third-order valence-corrected chi connectivity index (χ3v) is 8.80. The number of aryl methyl sites for hydroxylation is 1. The maximum atomic E-state index is 13.3. The summed E-state index contributed by atoms with van der Waals surface area (Å²) in [7, 11) is 0. The number of nitrogens with zero attached hydrogens (tertiary/aromatic N) is 4. The van der Waals surface area contributed by atoms with Crippen molar-refractivity contribution in [3.63, 3.8) is 0 Å². The number of H-pyrrole nitrogens is 1. The number of morpholine rings is 1. The molecule has 1 saturated heterocycles. The normalized spacial score (nSPS) is 20.6. The number of fused-ring (bicyclic) bond motifs is 4. The molecule has 1 fully saturated rings. The maximum Gasteiger partial charge on any atom is 0.226 e. The molecule has 1 aliphatic heterocycles. The minimum atomic E-state index is 0.0251. The van der Waals surface area contributed by atoms with Gasteiger partial charge in [-0.05, 0) is 50.1 Å². The molecule has 0 saturated carbocycles. The largest absolute Gasteiger partial charge is 0.377 e. The van der Waals surface area contributed by atoms with E-state index >= 15 is 0 Å². The SMILES string of the molecule is CSc1cc2[nH]ncc2cc1Nc1ncnc2sc3c(c12)CC[C@H](C(=O)N1CCOC[C@@H]1C)C3. The topological polar surface area (TPSA) is 96.0 Å². The van der Waals surface area contributed by atoms with Crippen molar-refractivity contribution in [3.8, 4) is 0 Å².